The zero-order valence-corrected chi connectivity index (χ0v) is 16.0. The summed E-state index contributed by atoms with van der Waals surface area (Å²) in [5.41, 5.74) is 2.37. The number of methoxy groups -OCH3 is 1. The molecule has 3 aromatic rings. The van der Waals surface area contributed by atoms with E-state index >= 15 is 0 Å². The summed E-state index contributed by atoms with van der Waals surface area (Å²) in [6.07, 6.45) is 0. The summed E-state index contributed by atoms with van der Waals surface area (Å²) in [6.45, 7) is 2.76. The van der Waals surface area contributed by atoms with Gasteiger partial charge in [0.15, 0.2) is 5.16 Å². The van der Waals surface area contributed by atoms with Crippen LogP contribution in [0.25, 0.3) is 0 Å². The summed E-state index contributed by atoms with van der Waals surface area (Å²) in [5.74, 6) is 2.58. The molecular formula is C18H18BrN3OS. The molecule has 0 spiro atoms. The van der Waals surface area contributed by atoms with Crippen molar-refractivity contribution in [2.75, 3.05) is 7.11 Å². The second kappa shape index (κ2) is 7.85. The van der Waals surface area contributed by atoms with Crippen molar-refractivity contribution >= 4 is 27.7 Å². The Labute approximate surface area is 154 Å². The Hall–Kier alpha value is -1.79. The second-order valence-corrected chi connectivity index (χ2v) is 7.20. The molecule has 0 fully saturated rings. The van der Waals surface area contributed by atoms with Crippen LogP contribution >= 0.6 is 27.7 Å². The largest absolute Gasteiger partial charge is 0.496 e. The van der Waals surface area contributed by atoms with Crippen LogP contribution in [-0.2, 0) is 12.3 Å². The Bertz CT molecular complexity index is 820. The monoisotopic (exact) mass is 403 g/mol. The molecule has 4 nitrogen and oxygen atoms in total. The molecule has 0 amide bonds. The number of halogens is 1. The van der Waals surface area contributed by atoms with Crippen LogP contribution < -0.4 is 4.74 Å². The van der Waals surface area contributed by atoms with Crippen molar-refractivity contribution in [3.8, 4) is 5.75 Å². The summed E-state index contributed by atoms with van der Waals surface area (Å²) < 4.78 is 8.63. The van der Waals surface area contributed by atoms with Gasteiger partial charge in [0, 0.05) is 15.8 Å². The lowest BCUT2D eigenvalue weighted by Crippen LogP contribution is -2.04. The molecular weight excluding hydrogens is 386 g/mol. The van der Waals surface area contributed by atoms with Gasteiger partial charge in [-0.25, -0.2) is 0 Å². The SMILES string of the molecule is COc1ccc(Br)cc1CSc1nnc(C)n1Cc1ccccc1. The van der Waals surface area contributed by atoms with Gasteiger partial charge in [-0.2, -0.15) is 0 Å². The highest BCUT2D eigenvalue weighted by Crippen LogP contribution is 2.30. The first-order valence-corrected chi connectivity index (χ1v) is 9.34. The normalized spacial score (nSPS) is 10.8. The first-order chi connectivity index (χ1) is 11.7. The lowest BCUT2D eigenvalue weighted by Gasteiger charge is -2.10. The Balaban J connectivity index is 1.78. The maximum absolute atomic E-state index is 5.44. The summed E-state index contributed by atoms with van der Waals surface area (Å²) in [6, 6.07) is 16.4. The van der Waals surface area contributed by atoms with Crippen molar-refractivity contribution in [1.82, 2.24) is 14.8 Å². The van der Waals surface area contributed by atoms with Crippen molar-refractivity contribution in [3.63, 3.8) is 0 Å². The molecule has 3 rings (SSSR count). The molecule has 1 heterocycles. The average Bonchev–Trinajstić information content (AvgIpc) is 2.94. The minimum atomic E-state index is 0.773. The molecule has 0 aliphatic rings. The molecule has 24 heavy (non-hydrogen) atoms. The predicted octanol–water partition coefficient (Wildman–Crippen LogP) is 4.70. The molecule has 0 radical (unpaired) electrons. The van der Waals surface area contributed by atoms with E-state index in [1.807, 2.05) is 37.3 Å². The molecule has 124 valence electrons. The molecule has 0 saturated heterocycles. The van der Waals surface area contributed by atoms with E-state index in [1.165, 1.54) is 5.56 Å². The average molecular weight is 404 g/mol. The maximum Gasteiger partial charge on any atom is 0.191 e. The van der Waals surface area contributed by atoms with Gasteiger partial charge in [-0.15, -0.1) is 10.2 Å². The van der Waals surface area contributed by atoms with Crippen molar-refractivity contribution in [2.24, 2.45) is 0 Å². The van der Waals surface area contributed by atoms with E-state index in [9.17, 15) is 0 Å². The number of aromatic nitrogens is 3. The first kappa shape index (κ1) is 17.0. The van der Waals surface area contributed by atoms with Gasteiger partial charge in [0.05, 0.1) is 13.7 Å². The fraction of sp³-hybridized carbons (Fsp3) is 0.222. The van der Waals surface area contributed by atoms with Crippen LogP contribution in [0.4, 0.5) is 0 Å². The van der Waals surface area contributed by atoms with Crippen LogP contribution in [0.5, 0.6) is 5.75 Å². The van der Waals surface area contributed by atoms with Gasteiger partial charge in [-0.3, -0.25) is 0 Å². The number of rotatable bonds is 6. The van der Waals surface area contributed by atoms with Crippen molar-refractivity contribution in [3.05, 3.63) is 70.0 Å². The number of ether oxygens (including phenoxy) is 1. The third-order valence-corrected chi connectivity index (χ3v) is 5.19. The van der Waals surface area contributed by atoms with E-state index in [4.69, 9.17) is 4.74 Å². The van der Waals surface area contributed by atoms with Gasteiger partial charge < -0.3 is 9.30 Å². The van der Waals surface area contributed by atoms with E-state index in [0.29, 0.717) is 0 Å². The van der Waals surface area contributed by atoms with Crippen LogP contribution in [0.1, 0.15) is 17.0 Å². The maximum atomic E-state index is 5.44. The molecule has 0 atom stereocenters. The predicted molar refractivity (Wildman–Crippen MR) is 101 cm³/mol. The Morgan fingerprint density at radius 3 is 2.67 bits per heavy atom. The Morgan fingerprint density at radius 2 is 1.92 bits per heavy atom. The van der Waals surface area contributed by atoms with Crippen LogP contribution in [-0.4, -0.2) is 21.9 Å². The summed E-state index contributed by atoms with van der Waals surface area (Å²) in [7, 11) is 1.69. The van der Waals surface area contributed by atoms with Crippen LogP contribution in [0.2, 0.25) is 0 Å². The molecule has 0 N–H and O–H groups in total. The van der Waals surface area contributed by atoms with Gasteiger partial charge in [0.1, 0.15) is 11.6 Å². The van der Waals surface area contributed by atoms with Crippen LogP contribution in [0.3, 0.4) is 0 Å². The number of hydrogen-bond donors (Lipinski definition) is 0. The fourth-order valence-corrected chi connectivity index (χ4v) is 3.79. The first-order valence-electron chi connectivity index (χ1n) is 7.56. The second-order valence-electron chi connectivity index (χ2n) is 5.35. The van der Waals surface area contributed by atoms with Gasteiger partial charge >= 0.3 is 0 Å². The minimum Gasteiger partial charge on any atom is -0.496 e. The molecule has 0 bridgehead atoms. The molecule has 2 aromatic carbocycles. The molecule has 0 aliphatic heterocycles. The van der Waals surface area contributed by atoms with Crippen molar-refractivity contribution in [1.29, 1.82) is 0 Å². The van der Waals surface area contributed by atoms with E-state index < -0.39 is 0 Å². The Morgan fingerprint density at radius 1 is 1.12 bits per heavy atom. The van der Waals surface area contributed by atoms with E-state index in [1.54, 1.807) is 18.9 Å². The van der Waals surface area contributed by atoms with Crippen molar-refractivity contribution in [2.45, 2.75) is 24.4 Å². The molecule has 0 unspecified atom stereocenters. The van der Waals surface area contributed by atoms with Crippen LogP contribution in [0.15, 0.2) is 58.2 Å². The smallest absolute Gasteiger partial charge is 0.191 e. The summed E-state index contributed by atoms with van der Waals surface area (Å²) in [5, 5.41) is 9.48. The summed E-state index contributed by atoms with van der Waals surface area (Å²) in [4.78, 5) is 0. The standard InChI is InChI=1S/C18H18BrN3OS/c1-13-20-21-18(22(13)11-14-6-4-3-5-7-14)24-12-15-10-16(19)8-9-17(15)23-2/h3-10H,11-12H2,1-2H3. The quantitative estimate of drug-likeness (QED) is 0.559. The van der Waals surface area contributed by atoms with E-state index in [2.05, 4.69) is 48.9 Å². The summed E-state index contributed by atoms with van der Waals surface area (Å²) >= 11 is 5.18. The molecule has 1 aromatic heterocycles. The lowest BCUT2D eigenvalue weighted by atomic mass is 10.2. The van der Waals surface area contributed by atoms with E-state index in [0.717, 1.165) is 39.1 Å². The van der Waals surface area contributed by atoms with Crippen LogP contribution in [0, 0.1) is 6.92 Å². The van der Waals surface area contributed by atoms with E-state index in [-0.39, 0.29) is 0 Å². The zero-order chi connectivity index (χ0) is 16.9. The molecule has 6 heteroatoms. The minimum absolute atomic E-state index is 0.773. The highest BCUT2D eigenvalue weighted by molar-refractivity contribution is 9.10. The third kappa shape index (κ3) is 3.99. The van der Waals surface area contributed by atoms with Crippen molar-refractivity contribution < 1.29 is 4.74 Å². The molecule has 0 saturated carbocycles. The number of hydrogen-bond acceptors (Lipinski definition) is 4. The third-order valence-electron chi connectivity index (χ3n) is 3.68. The zero-order valence-electron chi connectivity index (χ0n) is 13.6. The number of aryl methyl sites for hydroxylation is 1. The topological polar surface area (TPSA) is 39.9 Å². The highest BCUT2D eigenvalue weighted by Gasteiger charge is 2.12. The molecule has 0 aliphatic carbocycles. The number of nitrogens with zero attached hydrogens (tertiary/aromatic N) is 3. The fourth-order valence-electron chi connectivity index (χ4n) is 2.42. The van der Waals surface area contributed by atoms with Gasteiger partial charge in [-0.1, -0.05) is 58.0 Å². The van der Waals surface area contributed by atoms with Gasteiger partial charge in [0.2, 0.25) is 0 Å². The number of benzene rings is 2. The Kier molecular flexibility index (Phi) is 5.58. The van der Waals surface area contributed by atoms with Gasteiger partial charge in [0.25, 0.3) is 0 Å². The highest BCUT2D eigenvalue weighted by atomic mass is 79.9. The number of thioether (sulfide) groups is 1. The van der Waals surface area contributed by atoms with Gasteiger partial charge in [-0.05, 0) is 30.7 Å². The lowest BCUT2D eigenvalue weighted by molar-refractivity contribution is 0.411.